The van der Waals surface area contributed by atoms with Gasteiger partial charge in [0.15, 0.2) is 6.29 Å². The number of rotatable bonds is 4. The molecule has 1 aromatic carbocycles. The Balaban J connectivity index is 2.74. The molecular formula is C14H20O5. The Hall–Kier alpha value is -1.59. The molecule has 0 radical (unpaired) electrons. The van der Waals surface area contributed by atoms with Crippen molar-refractivity contribution < 1.29 is 23.7 Å². The van der Waals surface area contributed by atoms with Gasteiger partial charge in [-0.2, -0.15) is 0 Å². The van der Waals surface area contributed by atoms with E-state index in [2.05, 4.69) is 0 Å². The average Bonchev–Trinajstić information content (AvgIpc) is 2.28. The summed E-state index contributed by atoms with van der Waals surface area (Å²) in [6.45, 7) is 5.32. The van der Waals surface area contributed by atoms with Crippen LogP contribution in [0.4, 0.5) is 4.79 Å². The van der Waals surface area contributed by atoms with Crippen LogP contribution in [-0.4, -0.2) is 26.0 Å². The molecule has 0 aliphatic heterocycles. The van der Waals surface area contributed by atoms with E-state index >= 15 is 0 Å². The third-order valence-corrected chi connectivity index (χ3v) is 2.15. The first kappa shape index (κ1) is 15.5. The fraction of sp³-hybridized carbons (Fsp3) is 0.500. The minimum absolute atomic E-state index is 0.380. The lowest BCUT2D eigenvalue weighted by molar-refractivity contribution is -0.106. The molecule has 0 atom stereocenters. The van der Waals surface area contributed by atoms with Gasteiger partial charge in [-0.3, -0.25) is 0 Å². The van der Waals surface area contributed by atoms with Crippen LogP contribution in [-0.2, 0) is 14.2 Å². The van der Waals surface area contributed by atoms with E-state index in [4.69, 9.17) is 18.9 Å². The van der Waals surface area contributed by atoms with Gasteiger partial charge in [0.1, 0.15) is 11.4 Å². The van der Waals surface area contributed by atoms with Crippen molar-refractivity contribution >= 4 is 6.16 Å². The molecule has 5 heteroatoms. The van der Waals surface area contributed by atoms with E-state index in [9.17, 15) is 4.79 Å². The first-order valence-electron chi connectivity index (χ1n) is 5.92. The van der Waals surface area contributed by atoms with Crippen LogP contribution in [0.5, 0.6) is 5.75 Å². The maximum Gasteiger partial charge on any atom is 0.514 e. The molecule has 5 nitrogen and oxygen atoms in total. The molecular weight excluding hydrogens is 248 g/mol. The van der Waals surface area contributed by atoms with Crippen LogP contribution >= 0.6 is 0 Å². The van der Waals surface area contributed by atoms with Crippen molar-refractivity contribution in [2.75, 3.05) is 14.2 Å². The molecule has 0 heterocycles. The highest BCUT2D eigenvalue weighted by atomic mass is 16.7. The first-order chi connectivity index (χ1) is 8.85. The molecule has 106 valence electrons. The van der Waals surface area contributed by atoms with Crippen molar-refractivity contribution in [1.29, 1.82) is 0 Å². The summed E-state index contributed by atoms with van der Waals surface area (Å²) in [6, 6.07) is 6.90. The highest BCUT2D eigenvalue weighted by molar-refractivity contribution is 5.64. The summed E-state index contributed by atoms with van der Waals surface area (Å²) in [7, 11) is 3.07. The van der Waals surface area contributed by atoms with Gasteiger partial charge in [-0.25, -0.2) is 4.79 Å². The molecule has 0 spiro atoms. The lowest BCUT2D eigenvalue weighted by Crippen LogP contribution is -2.26. The summed E-state index contributed by atoms with van der Waals surface area (Å²) in [5.74, 6) is 0.380. The van der Waals surface area contributed by atoms with Crippen molar-refractivity contribution in [2.45, 2.75) is 32.7 Å². The molecule has 0 N–H and O–H groups in total. The van der Waals surface area contributed by atoms with Gasteiger partial charge >= 0.3 is 6.16 Å². The second kappa shape index (κ2) is 6.54. The molecule has 0 aliphatic carbocycles. The van der Waals surface area contributed by atoms with Gasteiger partial charge in [-0.15, -0.1) is 0 Å². The topological polar surface area (TPSA) is 54.0 Å². The summed E-state index contributed by atoms with van der Waals surface area (Å²) in [4.78, 5) is 11.5. The van der Waals surface area contributed by atoms with E-state index in [1.165, 1.54) is 14.2 Å². The molecule has 1 aromatic rings. The zero-order valence-electron chi connectivity index (χ0n) is 11.9. The van der Waals surface area contributed by atoms with Crippen LogP contribution in [0.1, 0.15) is 32.6 Å². The van der Waals surface area contributed by atoms with Gasteiger partial charge in [0.2, 0.25) is 0 Å². The van der Waals surface area contributed by atoms with Crippen molar-refractivity contribution in [2.24, 2.45) is 0 Å². The Morgan fingerprint density at radius 2 is 1.79 bits per heavy atom. The average molecular weight is 268 g/mol. The van der Waals surface area contributed by atoms with E-state index in [0.29, 0.717) is 5.75 Å². The third-order valence-electron chi connectivity index (χ3n) is 2.15. The Kier molecular flexibility index (Phi) is 5.32. The van der Waals surface area contributed by atoms with Gasteiger partial charge < -0.3 is 18.9 Å². The van der Waals surface area contributed by atoms with E-state index < -0.39 is 18.0 Å². The van der Waals surface area contributed by atoms with Gasteiger partial charge in [-0.05, 0) is 32.9 Å². The van der Waals surface area contributed by atoms with E-state index in [0.717, 1.165) is 5.56 Å². The van der Waals surface area contributed by atoms with Crippen LogP contribution < -0.4 is 4.74 Å². The number of ether oxygens (including phenoxy) is 4. The van der Waals surface area contributed by atoms with Crippen molar-refractivity contribution in [3.05, 3.63) is 29.8 Å². The zero-order valence-corrected chi connectivity index (χ0v) is 11.9. The second-order valence-electron chi connectivity index (χ2n) is 4.94. The molecule has 1 rings (SSSR count). The molecule has 0 aliphatic rings. The summed E-state index contributed by atoms with van der Waals surface area (Å²) < 4.78 is 20.4. The Labute approximate surface area is 113 Å². The van der Waals surface area contributed by atoms with Gasteiger partial charge in [0.25, 0.3) is 0 Å². The third kappa shape index (κ3) is 5.28. The SMILES string of the molecule is COC(OC)c1cccc(OC(=O)OC(C)(C)C)c1. The number of hydrogen-bond donors (Lipinski definition) is 0. The van der Waals surface area contributed by atoms with Crippen LogP contribution in [0.25, 0.3) is 0 Å². The molecule has 0 saturated carbocycles. The van der Waals surface area contributed by atoms with E-state index in [1.807, 2.05) is 6.07 Å². The van der Waals surface area contributed by atoms with Crippen LogP contribution in [0.3, 0.4) is 0 Å². The monoisotopic (exact) mass is 268 g/mol. The summed E-state index contributed by atoms with van der Waals surface area (Å²) >= 11 is 0. The molecule has 0 bridgehead atoms. The number of carbonyl (C=O) groups is 1. The smallest absolute Gasteiger partial charge is 0.428 e. The van der Waals surface area contributed by atoms with Gasteiger partial charge in [0.05, 0.1) is 0 Å². The number of hydrogen-bond acceptors (Lipinski definition) is 5. The lowest BCUT2D eigenvalue weighted by Gasteiger charge is -2.19. The second-order valence-corrected chi connectivity index (χ2v) is 4.94. The number of benzene rings is 1. The maximum atomic E-state index is 11.5. The molecule has 0 saturated heterocycles. The molecule has 19 heavy (non-hydrogen) atoms. The Morgan fingerprint density at radius 3 is 2.32 bits per heavy atom. The lowest BCUT2D eigenvalue weighted by atomic mass is 10.2. The fourth-order valence-corrected chi connectivity index (χ4v) is 1.46. The Bertz CT molecular complexity index is 418. The van der Waals surface area contributed by atoms with Crippen LogP contribution in [0.2, 0.25) is 0 Å². The van der Waals surface area contributed by atoms with Gasteiger partial charge in [0, 0.05) is 19.8 Å². The fourth-order valence-electron chi connectivity index (χ4n) is 1.46. The predicted octanol–water partition coefficient (Wildman–Crippen LogP) is 3.29. The number of carbonyl (C=O) groups excluding carboxylic acids is 1. The first-order valence-corrected chi connectivity index (χ1v) is 5.92. The van der Waals surface area contributed by atoms with Crippen LogP contribution in [0.15, 0.2) is 24.3 Å². The summed E-state index contributed by atoms with van der Waals surface area (Å²) in [5, 5.41) is 0. The standard InChI is InChI=1S/C14H20O5/c1-14(2,3)19-13(15)18-11-8-6-7-10(9-11)12(16-4)17-5/h6-9,12H,1-5H3. The number of methoxy groups -OCH3 is 2. The Morgan fingerprint density at radius 1 is 1.16 bits per heavy atom. The maximum absolute atomic E-state index is 11.5. The molecule has 0 amide bonds. The van der Waals surface area contributed by atoms with Crippen molar-refractivity contribution in [1.82, 2.24) is 0 Å². The highest BCUT2D eigenvalue weighted by Gasteiger charge is 2.18. The quantitative estimate of drug-likeness (QED) is 0.476. The summed E-state index contributed by atoms with van der Waals surface area (Å²) in [6.07, 6.45) is -1.24. The molecule has 0 aromatic heterocycles. The molecule has 0 fully saturated rings. The zero-order chi connectivity index (χ0) is 14.5. The highest BCUT2D eigenvalue weighted by Crippen LogP contribution is 2.22. The van der Waals surface area contributed by atoms with Gasteiger partial charge in [-0.1, -0.05) is 12.1 Å². The minimum Gasteiger partial charge on any atom is -0.428 e. The van der Waals surface area contributed by atoms with Crippen molar-refractivity contribution in [3.63, 3.8) is 0 Å². The summed E-state index contributed by atoms with van der Waals surface area (Å²) in [5.41, 5.74) is 0.169. The van der Waals surface area contributed by atoms with Crippen molar-refractivity contribution in [3.8, 4) is 5.75 Å². The molecule has 0 unspecified atom stereocenters. The normalized spacial score (nSPS) is 11.5. The largest absolute Gasteiger partial charge is 0.514 e. The minimum atomic E-state index is -0.740. The van der Waals surface area contributed by atoms with E-state index in [1.54, 1.807) is 39.0 Å². The predicted molar refractivity (Wildman–Crippen MR) is 70.1 cm³/mol. The van der Waals surface area contributed by atoms with E-state index in [-0.39, 0.29) is 0 Å². The van der Waals surface area contributed by atoms with Crippen LogP contribution in [0, 0.1) is 0 Å².